The van der Waals surface area contributed by atoms with Gasteiger partial charge >= 0.3 is 0 Å². The second-order valence-electron chi connectivity index (χ2n) is 6.28. The zero-order valence-electron chi connectivity index (χ0n) is 11.3. The van der Waals surface area contributed by atoms with Gasteiger partial charge in [0.1, 0.15) is 5.75 Å². The van der Waals surface area contributed by atoms with E-state index in [2.05, 4.69) is 32.9 Å². The summed E-state index contributed by atoms with van der Waals surface area (Å²) in [4.78, 5) is 0. The van der Waals surface area contributed by atoms with Gasteiger partial charge in [-0.3, -0.25) is 0 Å². The van der Waals surface area contributed by atoms with E-state index in [1.165, 1.54) is 25.7 Å². The summed E-state index contributed by atoms with van der Waals surface area (Å²) < 4.78 is 6.08. The highest BCUT2D eigenvalue weighted by Crippen LogP contribution is 2.38. The van der Waals surface area contributed by atoms with Crippen LogP contribution >= 0.6 is 0 Å². The van der Waals surface area contributed by atoms with Crippen molar-refractivity contribution >= 4 is 0 Å². The molecule has 1 fully saturated rings. The Morgan fingerprint density at radius 2 is 1.76 bits per heavy atom. The second kappa shape index (κ2) is 5.12. The SMILES string of the molecule is CC(C)(C)C1CCCC(Oc2ccccc2)C1. The third kappa shape index (κ3) is 3.49. The van der Waals surface area contributed by atoms with Crippen LogP contribution in [0.4, 0.5) is 0 Å². The third-order valence-electron chi connectivity index (χ3n) is 3.90. The van der Waals surface area contributed by atoms with Gasteiger partial charge in [0.25, 0.3) is 0 Å². The average molecular weight is 232 g/mol. The minimum atomic E-state index is 0.412. The van der Waals surface area contributed by atoms with Crippen molar-refractivity contribution in [1.82, 2.24) is 0 Å². The molecule has 1 nitrogen and oxygen atoms in total. The molecule has 2 atom stereocenters. The summed E-state index contributed by atoms with van der Waals surface area (Å²) >= 11 is 0. The maximum absolute atomic E-state index is 6.08. The number of hydrogen-bond acceptors (Lipinski definition) is 1. The Morgan fingerprint density at radius 1 is 1.06 bits per heavy atom. The van der Waals surface area contributed by atoms with Gasteiger partial charge in [-0.1, -0.05) is 39.0 Å². The Hall–Kier alpha value is -0.980. The first-order valence-electron chi connectivity index (χ1n) is 6.77. The Balaban J connectivity index is 1.94. The van der Waals surface area contributed by atoms with Crippen LogP contribution in [0.5, 0.6) is 5.75 Å². The van der Waals surface area contributed by atoms with E-state index in [9.17, 15) is 0 Å². The van der Waals surface area contributed by atoms with Crippen molar-refractivity contribution in [2.75, 3.05) is 0 Å². The monoisotopic (exact) mass is 232 g/mol. The molecule has 0 aliphatic heterocycles. The van der Waals surface area contributed by atoms with Gasteiger partial charge in [0.05, 0.1) is 6.10 Å². The minimum Gasteiger partial charge on any atom is -0.490 e. The van der Waals surface area contributed by atoms with E-state index >= 15 is 0 Å². The van der Waals surface area contributed by atoms with E-state index in [4.69, 9.17) is 4.74 Å². The molecule has 1 aromatic rings. The molecule has 17 heavy (non-hydrogen) atoms. The Morgan fingerprint density at radius 3 is 2.41 bits per heavy atom. The van der Waals surface area contributed by atoms with Gasteiger partial charge < -0.3 is 4.74 Å². The van der Waals surface area contributed by atoms with Crippen molar-refractivity contribution in [2.45, 2.75) is 52.6 Å². The summed E-state index contributed by atoms with van der Waals surface area (Å²) in [6.07, 6.45) is 5.49. The second-order valence-corrected chi connectivity index (χ2v) is 6.28. The first kappa shape index (κ1) is 12.5. The number of rotatable bonds is 2. The van der Waals surface area contributed by atoms with Gasteiger partial charge in [0.2, 0.25) is 0 Å². The summed E-state index contributed by atoms with van der Waals surface area (Å²) in [7, 11) is 0. The lowest BCUT2D eigenvalue weighted by atomic mass is 9.71. The molecule has 1 aliphatic rings. The molecule has 0 radical (unpaired) electrons. The fourth-order valence-corrected chi connectivity index (χ4v) is 2.73. The van der Waals surface area contributed by atoms with Crippen LogP contribution in [0.25, 0.3) is 0 Å². The normalized spacial score (nSPS) is 25.6. The number of para-hydroxylation sites is 1. The molecular formula is C16H24O. The first-order valence-corrected chi connectivity index (χ1v) is 6.77. The van der Waals surface area contributed by atoms with Crippen molar-refractivity contribution in [3.05, 3.63) is 30.3 Å². The van der Waals surface area contributed by atoms with E-state index in [0.29, 0.717) is 11.5 Å². The topological polar surface area (TPSA) is 9.23 Å². The van der Waals surface area contributed by atoms with Crippen LogP contribution in [-0.4, -0.2) is 6.10 Å². The fraction of sp³-hybridized carbons (Fsp3) is 0.625. The molecule has 94 valence electrons. The zero-order valence-corrected chi connectivity index (χ0v) is 11.3. The smallest absolute Gasteiger partial charge is 0.119 e. The van der Waals surface area contributed by atoms with Crippen molar-refractivity contribution in [1.29, 1.82) is 0 Å². The highest BCUT2D eigenvalue weighted by molar-refractivity contribution is 5.21. The van der Waals surface area contributed by atoms with Crippen LogP contribution in [0.15, 0.2) is 30.3 Å². The van der Waals surface area contributed by atoms with Crippen molar-refractivity contribution in [3.8, 4) is 5.75 Å². The van der Waals surface area contributed by atoms with Crippen LogP contribution in [-0.2, 0) is 0 Å². The largest absolute Gasteiger partial charge is 0.490 e. The molecule has 2 unspecified atom stereocenters. The van der Waals surface area contributed by atoms with Crippen molar-refractivity contribution < 1.29 is 4.74 Å². The maximum atomic E-state index is 6.08. The van der Waals surface area contributed by atoms with Crippen molar-refractivity contribution in [2.24, 2.45) is 11.3 Å². The zero-order chi connectivity index (χ0) is 12.3. The van der Waals surface area contributed by atoms with Crippen LogP contribution in [0, 0.1) is 11.3 Å². The lowest BCUT2D eigenvalue weighted by Gasteiger charge is -2.37. The minimum absolute atomic E-state index is 0.412. The molecule has 1 saturated carbocycles. The lowest BCUT2D eigenvalue weighted by molar-refractivity contribution is 0.0746. The molecule has 0 amide bonds. The molecule has 0 aromatic heterocycles. The Bertz CT molecular complexity index is 336. The van der Waals surface area contributed by atoms with Gasteiger partial charge in [-0.25, -0.2) is 0 Å². The molecule has 1 aromatic carbocycles. The van der Waals surface area contributed by atoms with Gasteiger partial charge in [-0.2, -0.15) is 0 Å². The molecule has 2 rings (SSSR count). The van der Waals surface area contributed by atoms with Gasteiger partial charge in [0, 0.05) is 0 Å². The van der Waals surface area contributed by atoms with E-state index in [1.54, 1.807) is 0 Å². The van der Waals surface area contributed by atoms with Crippen LogP contribution in [0.1, 0.15) is 46.5 Å². The third-order valence-corrected chi connectivity index (χ3v) is 3.90. The summed E-state index contributed by atoms with van der Waals surface area (Å²) in [6, 6.07) is 10.2. The van der Waals surface area contributed by atoms with Gasteiger partial charge in [-0.15, -0.1) is 0 Å². The molecule has 0 saturated heterocycles. The number of ether oxygens (including phenoxy) is 1. The highest BCUT2D eigenvalue weighted by Gasteiger charge is 2.31. The summed E-state index contributed by atoms with van der Waals surface area (Å²) in [5.41, 5.74) is 0.415. The van der Waals surface area contributed by atoms with E-state index in [-0.39, 0.29) is 0 Å². The van der Waals surface area contributed by atoms with Crippen LogP contribution < -0.4 is 4.74 Å². The predicted octanol–water partition coefficient (Wildman–Crippen LogP) is 4.67. The fourth-order valence-electron chi connectivity index (χ4n) is 2.73. The Labute approximate surface area is 105 Å². The number of hydrogen-bond donors (Lipinski definition) is 0. The quantitative estimate of drug-likeness (QED) is 0.720. The molecule has 0 spiro atoms. The van der Waals surface area contributed by atoms with Gasteiger partial charge in [0.15, 0.2) is 0 Å². The van der Waals surface area contributed by atoms with E-state index in [0.717, 1.165) is 11.7 Å². The maximum Gasteiger partial charge on any atom is 0.119 e. The molecule has 0 bridgehead atoms. The van der Waals surface area contributed by atoms with E-state index < -0.39 is 0 Å². The summed E-state index contributed by atoms with van der Waals surface area (Å²) in [5, 5.41) is 0. The Kier molecular flexibility index (Phi) is 3.76. The van der Waals surface area contributed by atoms with E-state index in [1.807, 2.05) is 18.2 Å². The average Bonchev–Trinajstić information content (AvgIpc) is 2.29. The van der Waals surface area contributed by atoms with Crippen LogP contribution in [0.3, 0.4) is 0 Å². The standard InChI is InChI=1S/C16H24O/c1-16(2,3)13-8-7-11-15(12-13)17-14-9-5-4-6-10-14/h4-6,9-10,13,15H,7-8,11-12H2,1-3H3. The number of benzene rings is 1. The molecular weight excluding hydrogens is 208 g/mol. The molecule has 1 heteroatoms. The molecule has 0 heterocycles. The molecule has 1 aliphatic carbocycles. The predicted molar refractivity (Wildman–Crippen MR) is 72.3 cm³/mol. The van der Waals surface area contributed by atoms with Crippen molar-refractivity contribution in [3.63, 3.8) is 0 Å². The van der Waals surface area contributed by atoms with Gasteiger partial charge in [-0.05, 0) is 49.1 Å². The molecule has 0 N–H and O–H groups in total. The highest BCUT2D eigenvalue weighted by atomic mass is 16.5. The van der Waals surface area contributed by atoms with Crippen LogP contribution in [0.2, 0.25) is 0 Å². The summed E-state index contributed by atoms with van der Waals surface area (Å²) in [6.45, 7) is 7.05. The lowest BCUT2D eigenvalue weighted by Crippen LogP contribution is -2.32. The first-order chi connectivity index (χ1) is 8.05. The summed E-state index contributed by atoms with van der Waals surface area (Å²) in [5.74, 6) is 1.82.